The fourth-order valence-electron chi connectivity index (χ4n) is 3.83. The molecule has 0 aliphatic heterocycles. The molecule has 0 radical (unpaired) electrons. The molecule has 0 saturated carbocycles. The first-order valence-corrected chi connectivity index (χ1v) is 10.6. The largest absolute Gasteiger partial charge is 0.478 e. The Labute approximate surface area is 191 Å². The highest BCUT2D eigenvalue weighted by atomic mass is 16.4. The van der Waals surface area contributed by atoms with Crippen molar-refractivity contribution in [3.05, 3.63) is 114 Å². The lowest BCUT2D eigenvalue weighted by atomic mass is 9.98. The van der Waals surface area contributed by atoms with Gasteiger partial charge in [0.25, 0.3) is 0 Å². The van der Waals surface area contributed by atoms with Gasteiger partial charge in [0.2, 0.25) is 0 Å². The van der Waals surface area contributed by atoms with Crippen molar-refractivity contribution in [3.63, 3.8) is 0 Å². The zero-order valence-corrected chi connectivity index (χ0v) is 18.0. The third-order valence-electron chi connectivity index (χ3n) is 5.56. The predicted octanol–water partition coefficient (Wildman–Crippen LogP) is 6.27. The van der Waals surface area contributed by atoms with E-state index >= 15 is 0 Å². The van der Waals surface area contributed by atoms with Crippen molar-refractivity contribution in [2.75, 3.05) is 0 Å². The second-order valence-corrected chi connectivity index (χ2v) is 7.79. The monoisotopic (exact) mass is 431 g/mol. The Morgan fingerprint density at radius 1 is 0.727 bits per heavy atom. The van der Waals surface area contributed by atoms with Gasteiger partial charge in [-0.25, -0.2) is 14.5 Å². The first-order chi connectivity index (χ1) is 16.1. The molecule has 0 atom stereocenters. The molecule has 1 heterocycles. The van der Waals surface area contributed by atoms with Crippen LogP contribution in [0.3, 0.4) is 0 Å². The average Bonchev–Trinajstić information content (AvgIpc) is 3.31. The standard InChI is InChI=1S/C28H21N3O2/c1-19-15-16-22(18-25(19)28(32)33)21-11-8-12-23(17-21)26-29-27(20-9-4-2-5-10-20)31(30-26)24-13-6-3-7-14-24/h2-18H,1H3,(H,32,33). The summed E-state index contributed by atoms with van der Waals surface area (Å²) in [6.45, 7) is 1.80. The van der Waals surface area contributed by atoms with E-state index in [9.17, 15) is 9.90 Å². The van der Waals surface area contributed by atoms with Crippen LogP contribution < -0.4 is 0 Å². The number of aromatic nitrogens is 3. The van der Waals surface area contributed by atoms with Gasteiger partial charge >= 0.3 is 5.97 Å². The van der Waals surface area contributed by atoms with Gasteiger partial charge in [0, 0.05) is 11.1 Å². The van der Waals surface area contributed by atoms with Crippen LogP contribution in [0.25, 0.3) is 39.6 Å². The third kappa shape index (κ3) is 4.04. The Bertz CT molecular complexity index is 1380. The molecule has 0 aliphatic rings. The number of rotatable bonds is 5. The zero-order valence-electron chi connectivity index (χ0n) is 18.0. The SMILES string of the molecule is Cc1ccc(-c2cccc(-c3nc(-c4ccccc4)n(-c4ccccc4)n3)c2)cc1C(=O)O. The molecule has 0 bridgehead atoms. The molecule has 0 fully saturated rings. The number of carboxylic acids is 1. The van der Waals surface area contributed by atoms with Crippen LogP contribution in [0.4, 0.5) is 0 Å². The van der Waals surface area contributed by atoms with Gasteiger partial charge in [-0.3, -0.25) is 0 Å². The van der Waals surface area contributed by atoms with Crippen molar-refractivity contribution in [2.24, 2.45) is 0 Å². The maximum Gasteiger partial charge on any atom is 0.335 e. The van der Waals surface area contributed by atoms with Crippen LogP contribution in [0.1, 0.15) is 15.9 Å². The Morgan fingerprint density at radius 2 is 1.36 bits per heavy atom. The maximum atomic E-state index is 11.6. The van der Waals surface area contributed by atoms with Crippen molar-refractivity contribution in [1.29, 1.82) is 0 Å². The van der Waals surface area contributed by atoms with Gasteiger partial charge in [-0.05, 0) is 47.9 Å². The summed E-state index contributed by atoms with van der Waals surface area (Å²) in [6, 6.07) is 33.3. The highest BCUT2D eigenvalue weighted by molar-refractivity contribution is 5.91. The normalized spacial score (nSPS) is 10.8. The van der Waals surface area contributed by atoms with Crippen molar-refractivity contribution in [3.8, 4) is 39.6 Å². The summed E-state index contributed by atoms with van der Waals surface area (Å²) in [6.07, 6.45) is 0. The summed E-state index contributed by atoms with van der Waals surface area (Å²) in [5.74, 6) is 0.428. The molecular weight excluding hydrogens is 410 g/mol. The van der Waals surface area contributed by atoms with Crippen LogP contribution in [0.15, 0.2) is 103 Å². The Kier molecular flexibility index (Phi) is 5.29. The Balaban J connectivity index is 1.62. The highest BCUT2D eigenvalue weighted by Crippen LogP contribution is 2.29. The average molecular weight is 431 g/mol. The van der Waals surface area contributed by atoms with E-state index in [4.69, 9.17) is 10.1 Å². The molecule has 1 aromatic heterocycles. The van der Waals surface area contributed by atoms with E-state index in [2.05, 4.69) is 0 Å². The summed E-state index contributed by atoms with van der Waals surface area (Å²) in [4.78, 5) is 16.5. The number of aryl methyl sites for hydroxylation is 1. The molecule has 0 aliphatic carbocycles. The van der Waals surface area contributed by atoms with Crippen LogP contribution in [-0.4, -0.2) is 25.8 Å². The van der Waals surface area contributed by atoms with Crippen LogP contribution in [-0.2, 0) is 0 Å². The van der Waals surface area contributed by atoms with Gasteiger partial charge in [-0.1, -0.05) is 78.9 Å². The number of hydrogen-bond acceptors (Lipinski definition) is 3. The fourth-order valence-corrected chi connectivity index (χ4v) is 3.83. The molecule has 160 valence electrons. The smallest absolute Gasteiger partial charge is 0.335 e. The number of para-hydroxylation sites is 1. The van der Waals surface area contributed by atoms with E-state index in [0.717, 1.165) is 39.3 Å². The number of carboxylic acid groups (broad SMARTS) is 1. The summed E-state index contributed by atoms with van der Waals surface area (Å²) in [5.41, 5.74) is 5.54. The maximum absolute atomic E-state index is 11.6. The molecule has 5 heteroatoms. The van der Waals surface area contributed by atoms with Crippen LogP contribution >= 0.6 is 0 Å². The number of aromatic carboxylic acids is 1. The van der Waals surface area contributed by atoms with Crippen molar-refractivity contribution >= 4 is 5.97 Å². The minimum Gasteiger partial charge on any atom is -0.478 e. The van der Waals surface area contributed by atoms with Gasteiger partial charge in [0.05, 0.1) is 11.3 Å². The minimum absolute atomic E-state index is 0.302. The third-order valence-corrected chi connectivity index (χ3v) is 5.56. The van der Waals surface area contributed by atoms with E-state index < -0.39 is 5.97 Å². The molecular formula is C28H21N3O2. The molecule has 33 heavy (non-hydrogen) atoms. The number of carbonyl (C=O) groups is 1. The van der Waals surface area contributed by atoms with Gasteiger partial charge in [0.15, 0.2) is 11.6 Å². The molecule has 5 rings (SSSR count). The van der Waals surface area contributed by atoms with E-state index in [1.807, 2.05) is 102 Å². The van der Waals surface area contributed by atoms with Gasteiger partial charge in [-0.2, -0.15) is 0 Å². The summed E-state index contributed by atoms with van der Waals surface area (Å²) < 4.78 is 1.85. The second-order valence-electron chi connectivity index (χ2n) is 7.79. The molecule has 1 N–H and O–H groups in total. The molecule has 0 saturated heterocycles. The lowest BCUT2D eigenvalue weighted by molar-refractivity contribution is 0.0696. The lowest BCUT2D eigenvalue weighted by Crippen LogP contribution is -1.99. The molecule has 4 aromatic carbocycles. The first-order valence-electron chi connectivity index (χ1n) is 10.6. The molecule has 0 amide bonds. The van der Waals surface area contributed by atoms with Crippen LogP contribution in [0.5, 0.6) is 0 Å². The van der Waals surface area contributed by atoms with Gasteiger partial charge in [-0.15, -0.1) is 5.10 Å². The quantitative estimate of drug-likeness (QED) is 0.356. The van der Waals surface area contributed by atoms with Crippen molar-refractivity contribution < 1.29 is 9.90 Å². The second kappa shape index (κ2) is 8.55. The van der Waals surface area contributed by atoms with E-state index in [1.54, 1.807) is 13.0 Å². The lowest BCUT2D eigenvalue weighted by Gasteiger charge is -2.07. The van der Waals surface area contributed by atoms with Gasteiger partial charge in [0.1, 0.15) is 0 Å². The molecule has 5 aromatic rings. The summed E-state index contributed by atoms with van der Waals surface area (Å²) >= 11 is 0. The highest BCUT2D eigenvalue weighted by Gasteiger charge is 2.16. The van der Waals surface area contributed by atoms with E-state index in [0.29, 0.717) is 11.4 Å². The van der Waals surface area contributed by atoms with E-state index in [-0.39, 0.29) is 0 Å². The topological polar surface area (TPSA) is 68.0 Å². The first kappa shape index (κ1) is 20.4. The Hall–Kier alpha value is -4.51. The summed E-state index contributed by atoms with van der Waals surface area (Å²) in [5, 5.41) is 14.3. The molecule has 0 spiro atoms. The predicted molar refractivity (Wildman–Crippen MR) is 129 cm³/mol. The minimum atomic E-state index is -0.929. The van der Waals surface area contributed by atoms with Crippen molar-refractivity contribution in [1.82, 2.24) is 14.8 Å². The number of nitrogens with zero attached hydrogens (tertiary/aromatic N) is 3. The van der Waals surface area contributed by atoms with Crippen LogP contribution in [0, 0.1) is 6.92 Å². The number of benzene rings is 4. The molecule has 5 nitrogen and oxygen atoms in total. The Morgan fingerprint density at radius 3 is 2.09 bits per heavy atom. The number of hydrogen-bond donors (Lipinski definition) is 1. The van der Waals surface area contributed by atoms with Gasteiger partial charge < -0.3 is 5.11 Å². The summed E-state index contributed by atoms with van der Waals surface area (Å²) in [7, 11) is 0. The van der Waals surface area contributed by atoms with E-state index in [1.165, 1.54) is 0 Å². The van der Waals surface area contributed by atoms with Crippen LogP contribution in [0.2, 0.25) is 0 Å². The fraction of sp³-hybridized carbons (Fsp3) is 0.0357. The van der Waals surface area contributed by atoms with Crippen molar-refractivity contribution in [2.45, 2.75) is 6.92 Å². The zero-order chi connectivity index (χ0) is 22.8. The molecule has 0 unspecified atom stereocenters.